The standard InChI is InChI=1S/C8H16N2O2/c1-2-3-4-5-9-6-7-10-8(11)12/h2,9-10H,1,3-7H2,(H,11,12). The highest BCUT2D eigenvalue weighted by Gasteiger charge is 1.91. The summed E-state index contributed by atoms with van der Waals surface area (Å²) in [5, 5.41) is 13.6. The zero-order valence-electron chi connectivity index (χ0n) is 7.18. The fourth-order valence-corrected chi connectivity index (χ4v) is 0.754. The summed E-state index contributed by atoms with van der Waals surface area (Å²) in [5.74, 6) is 0. The molecule has 4 heteroatoms. The van der Waals surface area contributed by atoms with Crippen molar-refractivity contribution in [2.24, 2.45) is 0 Å². The van der Waals surface area contributed by atoms with Gasteiger partial charge in [0.05, 0.1) is 0 Å². The Balaban J connectivity index is 2.90. The number of hydrogen-bond donors (Lipinski definition) is 3. The maximum Gasteiger partial charge on any atom is 0.404 e. The molecule has 0 bridgehead atoms. The van der Waals surface area contributed by atoms with E-state index in [4.69, 9.17) is 5.11 Å². The van der Waals surface area contributed by atoms with E-state index in [0.717, 1.165) is 19.4 Å². The van der Waals surface area contributed by atoms with Crippen LogP contribution in [0.1, 0.15) is 12.8 Å². The molecule has 0 saturated heterocycles. The Labute approximate surface area is 72.7 Å². The Hall–Kier alpha value is -1.03. The molecule has 3 N–H and O–H groups in total. The molecule has 0 aliphatic carbocycles. The molecule has 1 amide bonds. The molecule has 4 nitrogen and oxygen atoms in total. The molecule has 0 spiro atoms. The van der Waals surface area contributed by atoms with Crippen molar-refractivity contribution in [1.29, 1.82) is 0 Å². The van der Waals surface area contributed by atoms with Crippen molar-refractivity contribution in [2.45, 2.75) is 12.8 Å². The lowest BCUT2D eigenvalue weighted by Gasteiger charge is -2.02. The van der Waals surface area contributed by atoms with E-state index in [2.05, 4.69) is 17.2 Å². The SMILES string of the molecule is C=CCCCNCCNC(=O)O. The van der Waals surface area contributed by atoms with Gasteiger partial charge in [0, 0.05) is 13.1 Å². The summed E-state index contributed by atoms with van der Waals surface area (Å²) < 4.78 is 0. The van der Waals surface area contributed by atoms with E-state index in [0.29, 0.717) is 13.1 Å². The van der Waals surface area contributed by atoms with Gasteiger partial charge < -0.3 is 15.7 Å². The third-order valence-corrected chi connectivity index (χ3v) is 1.34. The molecule has 0 aliphatic rings. The summed E-state index contributed by atoms with van der Waals surface area (Å²) in [7, 11) is 0. The molecule has 0 aromatic heterocycles. The Kier molecular flexibility index (Phi) is 7.38. The highest BCUT2D eigenvalue weighted by Crippen LogP contribution is 1.84. The molecule has 0 aliphatic heterocycles. The molecule has 0 aromatic carbocycles. The first-order valence-corrected chi connectivity index (χ1v) is 4.05. The minimum absolute atomic E-state index is 0.462. The van der Waals surface area contributed by atoms with E-state index >= 15 is 0 Å². The maximum absolute atomic E-state index is 9.98. The number of nitrogens with one attached hydrogen (secondary N) is 2. The van der Waals surface area contributed by atoms with Crippen LogP contribution in [0.2, 0.25) is 0 Å². The fraction of sp³-hybridized carbons (Fsp3) is 0.625. The smallest absolute Gasteiger partial charge is 0.404 e. The summed E-state index contributed by atoms with van der Waals surface area (Å²) in [5.41, 5.74) is 0. The largest absolute Gasteiger partial charge is 0.465 e. The van der Waals surface area contributed by atoms with Crippen molar-refractivity contribution in [3.8, 4) is 0 Å². The van der Waals surface area contributed by atoms with Crippen LogP contribution in [0.4, 0.5) is 4.79 Å². The highest BCUT2D eigenvalue weighted by molar-refractivity contribution is 5.64. The number of amides is 1. The Bertz CT molecular complexity index is 137. The van der Waals surface area contributed by atoms with Crippen LogP contribution in [0.3, 0.4) is 0 Å². The van der Waals surface area contributed by atoms with Gasteiger partial charge in [0.1, 0.15) is 0 Å². The van der Waals surface area contributed by atoms with Crippen molar-refractivity contribution in [1.82, 2.24) is 10.6 Å². The van der Waals surface area contributed by atoms with Crippen LogP contribution in [0.25, 0.3) is 0 Å². The topological polar surface area (TPSA) is 61.4 Å². The lowest BCUT2D eigenvalue weighted by molar-refractivity contribution is 0.194. The van der Waals surface area contributed by atoms with E-state index in [9.17, 15) is 4.79 Å². The van der Waals surface area contributed by atoms with Crippen LogP contribution in [0, 0.1) is 0 Å². The average Bonchev–Trinajstić information content (AvgIpc) is 2.02. The van der Waals surface area contributed by atoms with Crippen LogP contribution in [-0.2, 0) is 0 Å². The van der Waals surface area contributed by atoms with Gasteiger partial charge in [0.2, 0.25) is 0 Å². The monoisotopic (exact) mass is 172 g/mol. The molecule has 12 heavy (non-hydrogen) atoms. The Morgan fingerprint density at radius 3 is 2.75 bits per heavy atom. The molecule has 0 atom stereocenters. The molecule has 0 saturated carbocycles. The van der Waals surface area contributed by atoms with E-state index in [1.807, 2.05) is 6.08 Å². The quantitative estimate of drug-likeness (QED) is 0.393. The second-order valence-electron chi connectivity index (χ2n) is 2.41. The maximum atomic E-state index is 9.98. The zero-order chi connectivity index (χ0) is 9.23. The minimum atomic E-state index is -0.970. The van der Waals surface area contributed by atoms with Gasteiger partial charge in [-0.3, -0.25) is 0 Å². The highest BCUT2D eigenvalue weighted by atomic mass is 16.4. The Morgan fingerprint density at radius 2 is 2.17 bits per heavy atom. The van der Waals surface area contributed by atoms with Gasteiger partial charge >= 0.3 is 6.09 Å². The average molecular weight is 172 g/mol. The van der Waals surface area contributed by atoms with E-state index in [1.165, 1.54) is 0 Å². The molecule has 0 radical (unpaired) electrons. The van der Waals surface area contributed by atoms with Gasteiger partial charge in [-0.2, -0.15) is 0 Å². The number of carbonyl (C=O) groups is 1. The molecule has 0 rings (SSSR count). The van der Waals surface area contributed by atoms with Crippen LogP contribution >= 0.6 is 0 Å². The minimum Gasteiger partial charge on any atom is -0.465 e. The molecular weight excluding hydrogens is 156 g/mol. The predicted octanol–water partition coefficient (Wildman–Crippen LogP) is 0.810. The summed E-state index contributed by atoms with van der Waals surface area (Å²) in [6.45, 7) is 5.66. The third kappa shape index (κ3) is 8.97. The van der Waals surface area contributed by atoms with E-state index < -0.39 is 6.09 Å². The number of rotatable bonds is 7. The number of allylic oxidation sites excluding steroid dienone is 1. The molecule has 70 valence electrons. The van der Waals surface area contributed by atoms with E-state index in [-0.39, 0.29) is 0 Å². The molecule has 0 aromatic rings. The summed E-state index contributed by atoms with van der Waals surface area (Å²) in [4.78, 5) is 9.98. The number of carboxylic acid groups (broad SMARTS) is 1. The van der Waals surface area contributed by atoms with Crippen molar-refractivity contribution < 1.29 is 9.90 Å². The van der Waals surface area contributed by atoms with Gasteiger partial charge in [-0.15, -0.1) is 6.58 Å². The predicted molar refractivity (Wildman–Crippen MR) is 48.3 cm³/mol. The van der Waals surface area contributed by atoms with Gasteiger partial charge in [0.25, 0.3) is 0 Å². The summed E-state index contributed by atoms with van der Waals surface area (Å²) in [6, 6.07) is 0. The van der Waals surface area contributed by atoms with Gasteiger partial charge in [-0.05, 0) is 19.4 Å². The van der Waals surface area contributed by atoms with Crippen LogP contribution in [-0.4, -0.2) is 30.8 Å². The van der Waals surface area contributed by atoms with Crippen molar-refractivity contribution in [3.63, 3.8) is 0 Å². The molecule has 0 unspecified atom stereocenters. The first-order chi connectivity index (χ1) is 5.77. The van der Waals surface area contributed by atoms with Gasteiger partial charge in [-0.25, -0.2) is 4.79 Å². The molecule has 0 heterocycles. The number of unbranched alkanes of at least 4 members (excludes halogenated alkanes) is 1. The lowest BCUT2D eigenvalue weighted by atomic mass is 10.3. The van der Waals surface area contributed by atoms with Crippen molar-refractivity contribution in [2.75, 3.05) is 19.6 Å². The normalized spacial score (nSPS) is 9.33. The second-order valence-corrected chi connectivity index (χ2v) is 2.41. The van der Waals surface area contributed by atoms with Gasteiger partial charge in [-0.1, -0.05) is 6.08 Å². The van der Waals surface area contributed by atoms with Gasteiger partial charge in [0.15, 0.2) is 0 Å². The van der Waals surface area contributed by atoms with E-state index in [1.54, 1.807) is 0 Å². The number of hydrogen-bond acceptors (Lipinski definition) is 2. The van der Waals surface area contributed by atoms with Crippen molar-refractivity contribution in [3.05, 3.63) is 12.7 Å². The second kappa shape index (κ2) is 8.07. The van der Waals surface area contributed by atoms with Crippen LogP contribution < -0.4 is 10.6 Å². The zero-order valence-corrected chi connectivity index (χ0v) is 7.18. The van der Waals surface area contributed by atoms with Crippen LogP contribution in [0.15, 0.2) is 12.7 Å². The Morgan fingerprint density at radius 1 is 1.42 bits per heavy atom. The third-order valence-electron chi connectivity index (χ3n) is 1.34. The summed E-state index contributed by atoms with van der Waals surface area (Å²) in [6.07, 6.45) is 2.95. The first-order valence-electron chi connectivity index (χ1n) is 4.05. The van der Waals surface area contributed by atoms with Crippen LogP contribution in [0.5, 0.6) is 0 Å². The summed E-state index contributed by atoms with van der Waals surface area (Å²) >= 11 is 0. The molecule has 0 fully saturated rings. The first kappa shape index (κ1) is 11.0. The lowest BCUT2D eigenvalue weighted by Crippen LogP contribution is -2.31. The van der Waals surface area contributed by atoms with Crippen molar-refractivity contribution >= 4 is 6.09 Å². The molecular formula is C8H16N2O2. The fourth-order valence-electron chi connectivity index (χ4n) is 0.754.